The number of unbranched alkanes of at least 4 members (excludes halogenated alkanes) is 2. The number of nitrogens with one attached hydrogen (secondary N) is 26. The van der Waals surface area contributed by atoms with Gasteiger partial charge in [-0.2, -0.15) is 0 Å². The largest absolute Gasteiger partial charge is 0.370 e. The number of amides is 10. The second-order valence-corrected chi connectivity index (χ2v) is 33.4. The Balaban J connectivity index is 0.00000114. The number of hydrogen-bond acceptors (Lipinski definition) is 25. The molecule has 0 spiro atoms. The fourth-order valence-corrected chi connectivity index (χ4v) is 14.8. The van der Waals surface area contributed by atoms with Gasteiger partial charge in [0.25, 0.3) is 5.91 Å². The standard InChI is InChI=1S/C74H120N38O10.2C10H8N2.Ru/c75-57(114)44(16-6-32-95-67(76)77)104-61(117)46(18-8-34-97-69(80)81)106-63(119)48(20-10-36-99-71(84)85)108-65(121)50(22-12-38-101-73(88)89)110-66(122)51(23-13-39-102-74(90)91)109-64(120)49(21-11-37-100-72(86)87)107-62(118)47(19-9-35-98-70(82)83)105-60(116)45(17-7-33-96-68(78)79)103-52(113)24-2-1-3-29-94-59(115)41-27-25-40(26-28-41)58-111-55-42-14-4-30-92-53(42)54-43(56(55)112-58)15-5-31-93-54;2*1-3-7-11-9(5-1)10-6-2-4-8-12-10;/h4-5,14-15,25-28,30-31,44-51H,1-3,6-13,16-24,29,32-39H2,(H2,75,114)(H,94,115)(H,103,113)(H,104,117)(H,105,116)(H,106,119)(H,107,118)(H,108,121)(H,109,120)(H,110,122)(H,111,112)(H4,76,77,95)(H4,78,79,96)(H4,80,81,97)(H4,82,83,98)(H4,84,85,99)(H4,86,87,100)(H4,88,89,101)(H4,90,91,102);2*1-8H;. The van der Waals surface area contributed by atoms with Crippen LogP contribution in [0.2, 0.25) is 0 Å². The van der Waals surface area contributed by atoms with Crippen LogP contribution < -0.4 is 142 Å². The molecule has 44 N–H and O–H groups in total. The Morgan fingerprint density at radius 1 is 0.272 bits per heavy atom. The van der Waals surface area contributed by atoms with Gasteiger partial charge in [0, 0.05) is 144 Å². The molecular formula is C94H136N42O10Ru. The van der Waals surface area contributed by atoms with Crippen molar-refractivity contribution in [2.24, 2.45) is 51.6 Å². The van der Waals surface area contributed by atoms with E-state index in [1.165, 1.54) is 0 Å². The molecule has 2 aromatic carbocycles. The molecule has 0 aliphatic rings. The van der Waals surface area contributed by atoms with Crippen LogP contribution in [-0.4, -0.2) is 254 Å². The van der Waals surface area contributed by atoms with E-state index in [-0.39, 0.29) is 211 Å². The zero-order valence-corrected chi connectivity index (χ0v) is 83.1. The fraction of sp³-hybridized carbons (Fsp3) is 0.394. The Morgan fingerprint density at radius 2 is 0.537 bits per heavy atom. The molecule has 0 saturated heterocycles. The number of carbonyl (C=O) groups is 10. The van der Waals surface area contributed by atoms with Gasteiger partial charge >= 0.3 is 0 Å². The molecule has 790 valence electrons. The van der Waals surface area contributed by atoms with E-state index in [0.717, 1.165) is 61.2 Å². The van der Waals surface area contributed by atoms with E-state index >= 15 is 0 Å². The van der Waals surface area contributed by atoms with Crippen LogP contribution in [0.3, 0.4) is 0 Å². The minimum absolute atomic E-state index is 0. The van der Waals surface area contributed by atoms with Crippen molar-refractivity contribution in [2.75, 3.05) is 58.9 Å². The zero-order chi connectivity index (χ0) is 106. The Morgan fingerprint density at radius 3 is 0.823 bits per heavy atom. The van der Waals surface area contributed by atoms with Crippen LogP contribution in [-0.2, 0) is 62.6 Å². The topological polar surface area (TPSA) is 906 Å². The average Bonchev–Trinajstić information content (AvgIpc) is 1.67. The predicted molar refractivity (Wildman–Crippen MR) is 556 cm³/mol. The number of fused-ring (bicyclic) bond motifs is 6. The number of carbonyl (C=O) groups excluding carboxylic acids is 10. The first-order valence-corrected chi connectivity index (χ1v) is 47.5. The second-order valence-electron chi connectivity index (χ2n) is 33.4. The van der Waals surface area contributed by atoms with Gasteiger partial charge in [0.1, 0.15) is 54.2 Å². The van der Waals surface area contributed by atoms with Gasteiger partial charge < -0.3 is 147 Å². The smallest absolute Gasteiger partial charge is 0.251 e. The van der Waals surface area contributed by atoms with Crippen LogP contribution in [0.4, 0.5) is 0 Å². The van der Waals surface area contributed by atoms with Gasteiger partial charge in [0.05, 0.1) is 44.8 Å². The van der Waals surface area contributed by atoms with Crippen LogP contribution in [0.15, 0.2) is 159 Å². The molecule has 0 saturated carbocycles. The van der Waals surface area contributed by atoms with E-state index in [0.29, 0.717) is 30.7 Å². The van der Waals surface area contributed by atoms with Gasteiger partial charge in [-0.3, -0.25) is 121 Å². The molecule has 0 fully saturated rings. The van der Waals surface area contributed by atoms with Gasteiger partial charge in [-0.1, -0.05) is 42.8 Å². The third-order valence-electron chi connectivity index (χ3n) is 22.0. The maximum atomic E-state index is 15.0. The van der Waals surface area contributed by atoms with Crippen molar-refractivity contribution in [2.45, 2.75) is 177 Å². The van der Waals surface area contributed by atoms with E-state index in [1.807, 2.05) is 97.1 Å². The first-order valence-electron chi connectivity index (χ1n) is 47.5. The van der Waals surface area contributed by atoms with Crippen molar-refractivity contribution in [1.29, 1.82) is 43.3 Å². The number of imidazole rings is 1. The normalized spacial score (nSPS) is 12.2. The first kappa shape index (κ1) is 119. The van der Waals surface area contributed by atoms with Crippen LogP contribution in [0, 0.1) is 43.3 Å². The molecule has 7 aromatic heterocycles. The summed E-state index contributed by atoms with van der Waals surface area (Å²) in [6, 6.07) is 26.1. The second kappa shape index (κ2) is 65.1. The number of nitrogens with two attached hydrogens (primary N) is 9. The Hall–Kier alpha value is -17.2. The number of pyridine rings is 6. The van der Waals surface area contributed by atoms with Gasteiger partial charge in [-0.05, 0) is 201 Å². The number of hydrogen-bond donors (Lipinski definition) is 35. The SMILES string of the molecule is N=C(N)NCCCC(NC(=O)C(CCCNC(=N)N)NC(=O)C(CCCNC(=N)N)NC(=O)C(CCCNC(=N)N)NC(=O)C(CCCNC(=N)N)NC(=O)C(CCCNC(=N)N)NC(=O)C(CCCNC(=N)N)NC(=O)C(CCCNC(=N)N)NC(=O)CCCCCNC(=O)c1ccc(-c2nc3c4cccnc4c4ncccc4c3[nH]2)cc1)C(N)=O.[Ru].c1ccc(-c2ccccn2)nc1.c1ccc(-c2ccccn2)nc1. The molecule has 0 aliphatic heterocycles. The summed E-state index contributed by atoms with van der Waals surface area (Å²) in [7, 11) is 0. The fourth-order valence-electron chi connectivity index (χ4n) is 14.8. The minimum atomic E-state index is -1.58. The molecule has 10 amide bonds. The quantitative estimate of drug-likeness (QED) is 0.00669. The van der Waals surface area contributed by atoms with E-state index in [4.69, 9.17) is 99.9 Å². The van der Waals surface area contributed by atoms with Crippen molar-refractivity contribution in [3.05, 3.63) is 164 Å². The number of primary amides is 1. The molecule has 7 heterocycles. The summed E-state index contributed by atoms with van der Waals surface area (Å²) in [5, 5.41) is 108. The number of guanidine groups is 8. The van der Waals surface area contributed by atoms with Gasteiger partial charge in [0.15, 0.2) is 47.7 Å². The number of H-pyrrole nitrogens is 1. The monoisotopic (exact) mass is 2120 g/mol. The molecular weight excluding hydrogens is 1980 g/mol. The van der Waals surface area contributed by atoms with Crippen molar-refractivity contribution in [3.63, 3.8) is 0 Å². The molecule has 0 bridgehead atoms. The number of aromatic nitrogens is 8. The van der Waals surface area contributed by atoms with Gasteiger partial charge in [-0.25, -0.2) is 4.98 Å². The maximum Gasteiger partial charge on any atom is 0.251 e. The first-order chi connectivity index (χ1) is 70.1. The third kappa shape index (κ3) is 44.5. The number of aromatic amines is 1. The molecule has 9 aromatic rings. The average molecular weight is 2120 g/mol. The van der Waals surface area contributed by atoms with Crippen molar-refractivity contribution < 1.29 is 67.4 Å². The molecule has 52 nitrogen and oxygen atoms in total. The van der Waals surface area contributed by atoms with E-state index in [9.17, 15) is 47.9 Å². The van der Waals surface area contributed by atoms with Crippen molar-refractivity contribution in [3.8, 4) is 34.2 Å². The molecule has 147 heavy (non-hydrogen) atoms. The van der Waals surface area contributed by atoms with E-state index in [2.05, 4.69) is 125 Å². The summed E-state index contributed by atoms with van der Waals surface area (Å²) in [6.45, 7) is 0.564. The zero-order valence-electron chi connectivity index (χ0n) is 81.4. The molecule has 53 heteroatoms. The van der Waals surface area contributed by atoms with E-state index < -0.39 is 131 Å². The van der Waals surface area contributed by atoms with Crippen LogP contribution in [0.1, 0.15) is 139 Å². The van der Waals surface area contributed by atoms with Gasteiger partial charge in [0.2, 0.25) is 53.2 Å². The van der Waals surface area contributed by atoms with Crippen LogP contribution in [0.25, 0.3) is 67.0 Å². The Kier molecular flexibility index (Phi) is 52.5. The predicted octanol–water partition coefficient (Wildman–Crippen LogP) is -1.63. The Bertz CT molecular complexity index is 5600. The summed E-state index contributed by atoms with van der Waals surface area (Å²) in [4.78, 5) is 177. The molecule has 0 aliphatic carbocycles. The third-order valence-corrected chi connectivity index (χ3v) is 22.0. The van der Waals surface area contributed by atoms with Gasteiger partial charge in [-0.15, -0.1) is 0 Å². The molecule has 0 radical (unpaired) electrons. The molecule has 8 atom stereocenters. The van der Waals surface area contributed by atoms with Crippen molar-refractivity contribution in [1.82, 2.24) is 130 Å². The van der Waals surface area contributed by atoms with Crippen LogP contribution in [0.5, 0.6) is 0 Å². The summed E-state index contributed by atoms with van der Waals surface area (Å²) < 4.78 is 0. The number of rotatable bonds is 58. The maximum absolute atomic E-state index is 15.0. The van der Waals surface area contributed by atoms with Crippen molar-refractivity contribution >= 4 is 140 Å². The van der Waals surface area contributed by atoms with Crippen LogP contribution >= 0.6 is 0 Å². The summed E-state index contributed by atoms with van der Waals surface area (Å²) in [5.74, 6) is -10.9. The molecule has 9 rings (SSSR count). The Labute approximate surface area is 861 Å². The molecule has 8 unspecified atom stereocenters. The minimum Gasteiger partial charge on any atom is -0.370 e. The van der Waals surface area contributed by atoms with E-state index in [1.54, 1.807) is 61.4 Å². The number of benzene rings is 2. The summed E-state index contributed by atoms with van der Waals surface area (Å²) in [6.07, 6.45) is 11.3. The summed E-state index contributed by atoms with van der Waals surface area (Å²) >= 11 is 0. The number of nitrogens with zero attached hydrogens (tertiary/aromatic N) is 7. The summed E-state index contributed by atoms with van der Waals surface area (Å²) in [5.41, 5.74) is 57.8.